The number of rotatable bonds is 17. The third-order valence-corrected chi connectivity index (χ3v) is 27.8. The molecule has 30 unspecified atom stereocenters. The van der Waals surface area contributed by atoms with E-state index in [0.29, 0.717) is 74.5 Å². The van der Waals surface area contributed by atoms with Gasteiger partial charge in [0.05, 0.1) is 103 Å². The lowest BCUT2D eigenvalue weighted by atomic mass is 9.74. The fourth-order valence-electron chi connectivity index (χ4n) is 20.3. The maximum atomic E-state index is 12.4. The van der Waals surface area contributed by atoms with Crippen molar-refractivity contribution in [2.75, 3.05) is 47.3 Å². The number of hydrogen-bond acceptors (Lipinski definition) is 22. The van der Waals surface area contributed by atoms with Crippen molar-refractivity contribution in [3.63, 3.8) is 0 Å². The number of esters is 10. The summed E-state index contributed by atoms with van der Waals surface area (Å²) in [5.41, 5.74) is -1.33. The maximum absolute atomic E-state index is 12.4. The van der Waals surface area contributed by atoms with E-state index in [0.717, 1.165) is 77.0 Å². The predicted octanol–water partition coefficient (Wildman–Crippen LogP) is 9.53. The number of carbonyl (C=O) groups excluding carboxylic acids is 10. The van der Waals surface area contributed by atoms with Crippen LogP contribution in [0, 0.1) is 152 Å². The van der Waals surface area contributed by atoms with Gasteiger partial charge >= 0.3 is 59.7 Å². The van der Waals surface area contributed by atoms with Crippen molar-refractivity contribution in [3.05, 3.63) is 0 Å². The maximum Gasteiger partial charge on any atom is 0.311 e. The smallest absolute Gasteiger partial charge is 0.311 e. The minimum Gasteiger partial charge on any atom is -0.465 e. The van der Waals surface area contributed by atoms with Crippen LogP contribution in [0.3, 0.4) is 0 Å². The minimum absolute atomic E-state index is 0.000856. The van der Waals surface area contributed by atoms with Gasteiger partial charge in [-0.1, -0.05) is 55.4 Å². The molecule has 5 aliphatic heterocycles. The number of methoxy groups -OCH3 is 2. The van der Waals surface area contributed by atoms with Crippen LogP contribution in [0.5, 0.6) is 0 Å². The fraction of sp³-hybridized carbons (Fsp3) is 0.868. The number of ether oxygens (including phenoxy) is 12. The minimum atomic E-state index is -0.485. The molecular weight excluding hydrogens is 1260 g/mol. The molecule has 15 fully saturated rings. The second-order valence-electron chi connectivity index (χ2n) is 33.7. The highest BCUT2D eigenvalue weighted by molar-refractivity contribution is 5.81. The third-order valence-electron chi connectivity index (χ3n) is 27.8. The van der Waals surface area contributed by atoms with E-state index in [1.54, 1.807) is 14.2 Å². The highest BCUT2D eigenvalue weighted by atomic mass is 16.6. The van der Waals surface area contributed by atoms with Gasteiger partial charge in [0.1, 0.15) is 30.5 Å². The number of fused-ring (bicyclic) bond motifs is 25. The van der Waals surface area contributed by atoms with Crippen LogP contribution in [0.4, 0.5) is 0 Å². The second kappa shape index (κ2) is 28.8. The van der Waals surface area contributed by atoms with Crippen LogP contribution in [-0.2, 0) is 105 Å². The van der Waals surface area contributed by atoms with E-state index in [1.807, 2.05) is 90.0 Å². The molecule has 30 atom stereocenters. The van der Waals surface area contributed by atoms with Gasteiger partial charge in [0.2, 0.25) is 0 Å². The van der Waals surface area contributed by atoms with E-state index >= 15 is 0 Å². The van der Waals surface area contributed by atoms with Gasteiger partial charge in [-0.3, -0.25) is 47.9 Å². The lowest BCUT2D eigenvalue weighted by Crippen LogP contribution is -2.47. The van der Waals surface area contributed by atoms with Crippen molar-refractivity contribution < 1.29 is 105 Å². The molecule has 10 saturated carbocycles. The quantitative estimate of drug-likeness (QED) is 0.0967. The zero-order valence-electron chi connectivity index (χ0n) is 60.8. The molecule has 22 nitrogen and oxygen atoms in total. The first-order chi connectivity index (χ1) is 46.4. The topological polar surface area (TPSA) is 281 Å². The van der Waals surface area contributed by atoms with E-state index in [2.05, 4.69) is 6.92 Å². The van der Waals surface area contributed by atoms with Gasteiger partial charge in [-0.2, -0.15) is 0 Å². The molecule has 10 bridgehead atoms. The molecule has 548 valence electrons. The van der Waals surface area contributed by atoms with Crippen LogP contribution in [0.2, 0.25) is 0 Å². The van der Waals surface area contributed by atoms with Gasteiger partial charge in [0.25, 0.3) is 0 Å². The summed E-state index contributed by atoms with van der Waals surface area (Å²) < 4.78 is 65.8. The highest BCUT2D eigenvalue weighted by Crippen LogP contribution is 2.62. The SMILES string of the molecule is CCC(C)(C)C(=O)OC1C(C)C2CC1C1COC(=O)C21.CCC(C)(C)C(=O)OC1C2CC(C1OC)C1C(=O)OCC21.CCC(C)(C)C(=O)OC1CC2CC1C1COC(=O)C21.CCC(C)C(=O)OC1C2CC(C1OC)C1C(=O)OCC21.CCC(C)C(=O)OC1CC2CC1C1COC(=O)C21. The van der Waals surface area contributed by atoms with E-state index in [-0.39, 0.29) is 197 Å². The van der Waals surface area contributed by atoms with Gasteiger partial charge in [0.15, 0.2) is 0 Å². The normalized spacial score (nSPS) is 41.9. The van der Waals surface area contributed by atoms with E-state index in [4.69, 9.17) is 56.8 Å². The summed E-state index contributed by atoms with van der Waals surface area (Å²) >= 11 is 0. The molecule has 0 spiro atoms. The molecule has 98 heavy (non-hydrogen) atoms. The first-order valence-electron chi connectivity index (χ1n) is 37.3. The second-order valence-corrected chi connectivity index (χ2v) is 33.7. The van der Waals surface area contributed by atoms with Gasteiger partial charge in [-0.05, 0) is 142 Å². The van der Waals surface area contributed by atoms with Crippen molar-refractivity contribution >= 4 is 59.7 Å². The zero-order chi connectivity index (χ0) is 71.1. The van der Waals surface area contributed by atoms with Crippen LogP contribution in [0.25, 0.3) is 0 Å². The lowest BCUT2D eigenvalue weighted by Gasteiger charge is -2.36. The van der Waals surface area contributed by atoms with Crippen molar-refractivity contribution in [1.82, 2.24) is 0 Å². The Hall–Kier alpha value is -5.38. The molecule has 22 heteroatoms. The highest BCUT2D eigenvalue weighted by Gasteiger charge is 2.68. The molecule has 0 aromatic rings. The summed E-state index contributed by atoms with van der Waals surface area (Å²) in [7, 11) is 3.26. The first kappa shape index (κ1) is 73.8. The summed E-state index contributed by atoms with van der Waals surface area (Å²) in [6, 6.07) is 0. The summed E-state index contributed by atoms with van der Waals surface area (Å²) in [6.45, 7) is 29.9. The number of hydrogen-bond donors (Lipinski definition) is 0. The van der Waals surface area contributed by atoms with Crippen molar-refractivity contribution in [2.24, 2.45) is 152 Å². The van der Waals surface area contributed by atoms with Crippen LogP contribution in [0.1, 0.15) is 174 Å². The van der Waals surface area contributed by atoms with Gasteiger partial charge in [-0.15, -0.1) is 0 Å². The van der Waals surface area contributed by atoms with Crippen LogP contribution < -0.4 is 0 Å². The number of cyclic esters (lactones) is 5. The zero-order valence-corrected chi connectivity index (χ0v) is 60.8. The fourth-order valence-corrected chi connectivity index (χ4v) is 20.3. The van der Waals surface area contributed by atoms with Crippen molar-refractivity contribution in [2.45, 2.75) is 217 Å². The molecule has 15 rings (SSSR count). The Bertz CT molecular complexity index is 3030. The monoisotopic (exact) mass is 1380 g/mol. The summed E-state index contributed by atoms with van der Waals surface area (Å²) in [4.78, 5) is 119. The van der Waals surface area contributed by atoms with E-state index in [1.165, 1.54) is 0 Å². The molecular formula is C76H112O22. The Labute approximate surface area is 578 Å². The van der Waals surface area contributed by atoms with E-state index in [9.17, 15) is 47.9 Å². The summed E-state index contributed by atoms with van der Waals surface area (Å²) in [5, 5.41) is 0. The average Bonchev–Trinajstić information content (AvgIpc) is 1.60. The lowest BCUT2D eigenvalue weighted by molar-refractivity contribution is -0.175. The Morgan fingerprint density at radius 1 is 0.367 bits per heavy atom. The molecule has 5 heterocycles. The molecule has 0 amide bonds. The van der Waals surface area contributed by atoms with Crippen molar-refractivity contribution in [1.29, 1.82) is 0 Å². The molecule has 10 aliphatic carbocycles. The van der Waals surface area contributed by atoms with Crippen molar-refractivity contribution in [3.8, 4) is 0 Å². The molecule has 15 aliphatic rings. The van der Waals surface area contributed by atoms with Crippen LogP contribution in [0.15, 0.2) is 0 Å². The third kappa shape index (κ3) is 13.2. The Kier molecular flexibility index (Phi) is 21.7. The molecule has 0 N–H and O–H groups in total. The van der Waals surface area contributed by atoms with Crippen LogP contribution >= 0.6 is 0 Å². The molecule has 0 aromatic heterocycles. The summed E-state index contributed by atoms with van der Waals surface area (Å²) in [5.74, 6) is 3.31. The first-order valence-corrected chi connectivity index (χ1v) is 37.3. The molecule has 0 aromatic carbocycles. The largest absolute Gasteiger partial charge is 0.465 e. The Morgan fingerprint density at radius 3 is 1.05 bits per heavy atom. The average molecular weight is 1380 g/mol. The molecule has 5 saturated heterocycles. The van der Waals surface area contributed by atoms with Gasteiger partial charge in [-0.25, -0.2) is 0 Å². The molecule has 0 radical (unpaired) electrons. The van der Waals surface area contributed by atoms with Gasteiger partial charge < -0.3 is 56.8 Å². The standard InChI is InChI=1S/C16H24O5.C16H24O4.C15H22O5.C15H22O4.C14H20O4/c1-5-16(2,3)15(18)21-13-8-6-9(12(13)19-4)11-10(8)7-20-14(11)17;1-5-16(3,4)15(18)20-13-8(2)9-6-10(13)11-7-19-14(17)12(9)11;1-4-7(2)14(16)20-13-8-5-9(12(13)18-3)11-10(8)6-19-15(11)17;1-4-15(2,3)14(17)19-11-6-8-5-9(11)10-7-18-13(16)12(8)10;1-3-7(2)13(15)18-11-5-8-4-9(11)10-6-17-14(16)12(8)10/h8-13H,5-7H2,1-4H3;8-13H,5-7H2,1-4H3;7-13H,4-6H2,1-3H3;8-12H,4-7H2,1-3H3;7-12H,3-6H2,1-2H3. The Balaban J connectivity index is 0.000000124. The predicted molar refractivity (Wildman–Crippen MR) is 348 cm³/mol. The Morgan fingerprint density at radius 2 is 0.673 bits per heavy atom. The van der Waals surface area contributed by atoms with Gasteiger partial charge in [0, 0.05) is 85.2 Å². The van der Waals surface area contributed by atoms with E-state index < -0.39 is 16.2 Å². The number of carbonyl (C=O) groups is 10. The summed E-state index contributed by atoms with van der Waals surface area (Å²) in [6.07, 6.45) is 9.60. The van der Waals surface area contributed by atoms with Crippen LogP contribution in [-0.4, -0.2) is 150 Å².